The molecule has 0 aliphatic rings. The first-order valence-corrected chi connectivity index (χ1v) is 6.09. The molecule has 2 rings (SSSR count). The van der Waals surface area contributed by atoms with Gasteiger partial charge in [0.15, 0.2) is 5.69 Å². The molecular formula is C15H13N3O3. The predicted molar refractivity (Wildman–Crippen MR) is 79.7 cm³/mol. The van der Waals surface area contributed by atoms with E-state index in [9.17, 15) is 9.59 Å². The highest BCUT2D eigenvalue weighted by Crippen LogP contribution is 2.14. The lowest BCUT2D eigenvalue weighted by atomic mass is 10.2. The van der Waals surface area contributed by atoms with Crippen LogP contribution in [-0.4, -0.2) is 22.0 Å². The van der Waals surface area contributed by atoms with Gasteiger partial charge >= 0.3 is 5.97 Å². The van der Waals surface area contributed by atoms with E-state index in [0.29, 0.717) is 16.9 Å². The summed E-state index contributed by atoms with van der Waals surface area (Å²) in [4.78, 5) is 26.3. The van der Waals surface area contributed by atoms with Crippen molar-refractivity contribution < 1.29 is 14.7 Å². The number of anilines is 2. The highest BCUT2D eigenvalue weighted by Gasteiger charge is 2.10. The summed E-state index contributed by atoms with van der Waals surface area (Å²) >= 11 is 0. The van der Waals surface area contributed by atoms with Crippen molar-refractivity contribution in [3.05, 3.63) is 59.9 Å². The summed E-state index contributed by atoms with van der Waals surface area (Å²) in [5.41, 5.74) is 7.42. The van der Waals surface area contributed by atoms with Gasteiger partial charge in [0.05, 0.1) is 5.69 Å². The second kappa shape index (κ2) is 6.33. The van der Waals surface area contributed by atoms with Crippen LogP contribution in [0.3, 0.4) is 0 Å². The molecule has 106 valence electrons. The van der Waals surface area contributed by atoms with Crippen LogP contribution in [-0.2, 0) is 4.79 Å². The zero-order chi connectivity index (χ0) is 15.2. The molecule has 1 aromatic carbocycles. The largest absolute Gasteiger partial charge is 0.478 e. The van der Waals surface area contributed by atoms with Crippen LogP contribution in [0.4, 0.5) is 11.4 Å². The Morgan fingerprint density at radius 2 is 1.90 bits per heavy atom. The molecule has 0 saturated carbocycles. The number of rotatable bonds is 4. The molecule has 21 heavy (non-hydrogen) atoms. The first-order chi connectivity index (χ1) is 10.1. The highest BCUT2D eigenvalue weighted by molar-refractivity contribution is 6.06. The SMILES string of the molecule is Nc1cccnc1C(=O)Nc1ccc(/C=C/C(=O)O)cc1. The number of carbonyl (C=O) groups is 2. The van der Waals surface area contributed by atoms with Gasteiger partial charge in [0.25, 0.3) is 5.91 Å². The Morgan fingerprint density at radius 3 is 2.52 bits per heavy atom. The fourth-order valence-electron chi connectivity index (χ4n) is 1.64. The molecule has 0 radical (unpaired) electrons. The van der Waals surface area contributed by atoms with Crippen molar-refractivity contribution in [1.29, 1.82) is 0 Å². The van der Waals surface area contributed by atoms with Crippen LogP contribution >= 0.6 is 0 Å². The fraction of sp³-hybridized carbons (Fsp3) is 0. The van der Waals surface area contributed by atoms with Gasteiger partial charge in [0, 0.05) is 18.0 Å². The lowest BCUT2D eigenvalue weighted by molar-refractivity contribution is -0.131. The molecular weight excluding hydrogens is 270 g/mol. The van der Waals surface area contributed by atoms with Crippen LogP contribution in [0.25, 0.3) is 6.08 Å². The standard InChI is InChI=1S/C15H13N3O3/c16-12-2-1-9-17-14(12)15(21)18-11-6-3-10(4-7-11)5-8-13(19)20/h1-9H,16H2,(H,18,21)(H,19,20)/b8-5+. The molecule has 6 nitrogen and oxygen atoms in total. The molecule has 0 spiro atoms. The van der Waals surface area contributed by atoms with Gasteiger partial charge in [0.2, 0.25) is 0 Å². The van der Waals surface area contributed by atoms with Crippen LogP contribution in [0.5, 0.6) is 0 Å². The van der Waals surface area contributed by atoms with Gasteiger partial charge < -0.3 is 16.2 Å². The summed E-state index contributed by atoms with van der Waals surface area (Å²) in [6.45, 7) is 0. The molecule has 1 heterocycles. The molecule has 1 aromatic heterocycles. The highest BCUT2D eigenvalue weighted by atomic mass is 16.4. The number of nitrogens with zero attached hydrogens (tertiary/aromatic N) is 1. The van der Waals surface area contributed by atoms with E-state index < -0.39 is 11.9 Å². The Bertz CT molecular complexity index is 694. The maximum absolute atomic E-state index is 12.0. The van der Waals surface area contributed by atoms with Crippen molar-refractivity contribution in [3.63, 3.8) is 0 Å². The molecule has 0 fully saturated rings. The quantitative estimate of drug-likeness (QED) is 0.744. The monoisotopic (exact) mass is 283 g/mol. The zero-order valence-electron chi connectivity index (χ0n) is 11.0. The van der Waals surface area contributed by atoms with E-state index in [1.54, 1.807) is 36.4 Å². The summed E-state index contributed by atoms with van der Waals surface area (Å²) in [7, 11) is 0. The third-order valence-corrected chi connectivity index (χ3v) is 2.64. The second-order valence-corrected chi connectivity index (χ2v) is 4.19. The number of nitrogen functional groups attached to an aromatic ring is 1. The molecule has 0 aliphatic carbocycles. The van der Waals surface area contributed by atoms with Crippen molar-refractivity contribution in [3.8, 4) is 0 Å². The van der Waals surface area contributed by atoms with Crippen LogP contribution in [0, 0.1) is 0 Å². The molecule has 0 atom stereocenters. The predicted octanol–water partition coefficient (Wildman–Crippen LogP) is 2.01. The Hall–Kier alpha value is -3.15. The average molecular weight is 283 g/mol. The Labute approximate surface area is 120 Å². The molecule has 0 bridgehead atoms. The van der Waals surface area contributed by atoms with E-state index in [2.05, 4.69) is 10.3 Å². The van der Waals surface area contributed by atoms with Crippen molar-refractivity contribution >= 4 is 29.3 Å². The van der Waals surface area contributed by atoms with E-state index in [1.165, 1.54) is 12.3 Å². The lowest BCUT2D eigenvalue weighted by Gasteiger charge is -2.06. The first kappa shape index (κ1) is 14.3. The van der Waals surface area contributed by atoms with Gasteiger partial charge in [-0.25, -0.2) is 9.78 Å². The fourth-order valence-corrected chi connectivity index (χ4v) is 1.64. The third kappa shape index (κ3) is 3.90. The maximum Gasteiger partial charge on any atom is 0.328 e. The normalized spacial score (nSPS) is 10.5. The summed E-state index contributed by atoms with van der Waals surface area (Å²) in [5.74, 6) is -1.42. The molecule has 6 heteroatoms. The third-order valence-electron chi connectivity index (χ3n) is 2.64. The van der Waals surface area contributed by atoms with E-state index in [-0.39, 0.29) is 5.69 Å². The lowest BCUT2D eigenvalue weighted by Crippen LogP contribution is -2.15. The molecule has 2 aromatic rings. The maximum atomic E-state index is 12.0. The molecule has 0 aliphatic heterocycles. The zero-order valence-corrected chi connectivity index (χ0v) is 11.0. The Balaban J connectivity index is 2.09. The van der Waals surface area contributed by atoms with Crippen LogP contribution in [0.1, 0.15) is 16.1 Å². The summed E-state index contributed by atoms with van der Waals surface area (Å²) < 4.78 is 0. The van der Waals surface area contributed by atoms with Crippen molar-refractivity contribution in [2.24, 2.45) is 0 Å². The van der Waals surface area contributed by atoms with Gasteiger partial charge in [0.1, 0.15) is 0 Å². The topological polar surface area (TPSA) is 105 Å². The molecule has 1 amide bonds. The van der Waals surface area contributed by atoms with Crippen LogP contribution in [0.15, 0.2) is 48.7 Å². The number of carboxylic acids is 1. The number of aromatic nitrogens is 1. The number of hydrogen-bond donors (Lipinski definition) is 3. The molecule has 0 saturated heterocycles. The summed E-state index contributed by atoms with van der Waals surface area (Å²) in [5, 5.41) is 11.2. The summed E-state index contributed by atoms with van der Waals surface area (Å²) in [6, 6.07) is 9.96. The summed E-state index contributed by atoms with van der Waals surface area (Å²) in [6.07, 6.45) is 4.00. The number of nitrogens with two attached hydrogens (primary N) is 1. The van der Waals surface area contributed by atoms with Gasteiger partial charge in [-0.15, -0.1) is 0 Å². The minimum atomic E-state index is -1.02. The van der Waals surface area contributed by atoms with Crippen LogP contribution in [0.2, 0.25) is 0 Å². The number of carboxylic acid groups (broad SMARTS) is 1. The minimum Gasteiger partial charge on any atom is -0.478 e. The molecule has 4 N–H and O–H groups in total. The van der Waals surface area contributed by atoms with Crippen molar-refractivity contribution in [2.45, 2.75) is 0 Å². The second-order valence-electron chi connectivity index (χ2n) is 4.19. The number of hydrogen-bond acceptors (Lipinski definition) is 4. The number of aliphatic carboxylic acids is 1. The Kier molecular flexibility index (Phi) is 4.30. The number of benzene rings is 1. The minimum absolute atomic E-state index is 0.160. The van der Waals surface area contributed by atoms with Gasteiger partial charge in [-0.05, 0) is 35.9 Å². The number of amides is 1. The van der Waals surface area contributed by atoms with E-state index in [4.69, 9.17) is 10.8 Å². The van der Waals surface area contributed by atoms with Gasteiger partial charge in [-0.1, -0.05) is 12.1 Å². The van der Waals surface area contributed by atoms with E-state index in [0.717, 1.165) is 6.08 Å². The first-order valence-electron chi connectivity index (χ1n) is 6.09. The van der Waals surface area contributed by atoms with Crippen molar-refractivity contribution in [2.75, 3.05) is 11.1 Å². The van der Waals surface area contributed by atoms with Gasteiger partial charge in [-0.2, -0.15) is 0 Å². The van der Waals surface area contributed by atoms with E-state index in [1.807, 2.05) is 0 Å². The van der Waals surface area contributed by atoms with Gasteiger partial charge in [-0.3, -0.25) is 4.79 Å². The Morgan fingerprint density at radius 1 is 1.19 bits per heavy atom. The number of nitrogens with one attached hydrogen (secondary N) is 1. The molecule has 0 unspecified atom stereocenters. The number of carbonyl (C=O) groups excluding carboxylic acids is 1. The van der Waals surface area contributed by atoms with E-state index >= 15 is 0 Å². The van der Waals surface area contributed by atoms with Crippen LogP contribution < -0.4 is 11.1 Å². The van der Waals surface area contributed by atoms with Crippen molar-refractivity contribution in [1.82, 2.24) is 4.98 Å². The number of pyridine rings is 1. The average Bonchev–Trinajstić information content (AvgIpc) is 2.47. The smallest absolute Gasteiger partial charge is 0.328 e.